The van der Waals surface area contributed by atoms with Crippen molar-refractivity contribution in [3.8, 4) is 0 Å². The van der Waals surface area contributed by atoms with Crippen molar-refractivity contribution in [2.24, 2.45) is 5.73 Å². The highest BCUT2D eigenvalue weighted by molar-refractivity contribution is 5.22. The van der Waals surface area contributed by atoms with Crippen molar-refractivity contribution in [1.29, 1.82) is 0 Å². The van der Waals surface area contributed by atoms with E-state index in [-0.39, 0.29) is 5.56 Å². The average molecular weight is 266 g/mol. The molecule has 0 spiro atoms. The van der Waals surface area contributed by atoms with E-state index in [1.807, 2.05) is 6.92 Å². The summed E-state index contributed by atoms with van der Waals surface area (Å²) >= 11 is 0. The summed E-state index contributed by atoms with van der Waals surface area (Å²) in [4.78, 5) is 4.11. The van der Waals surface area contributed by atoms with Gasteiger partial charge in [-0.3, -0.25) is 4.68 Å². The number of hydrogen-bond donors (Lipinski definition) is 1. The van der Waals surface area contributed by atoms with Gasteiger partial charge in [0.25, 0.3) is 0 Å². The zero-order chi connectivity index (χ0) is 13.8. The number of aromatic nitrogens is 3. The van der Waals surface area contributed by atoms with Gasteiger partial charge in [-0.2, -0.15) is 5.10 Å². The van der Waals surface area contributed by atoms with Crippen molar-refractivity contribution in [3.63, 3.8) is 0 Å². The van der Waals surface area contributed by atoms with E-state index < -0.39 is 17.7 Å². The molecule has 0 fully saturated rings. The number of aryl methyl sites for hydroxylation is 1. The van der Waals surface area contributed by atoms with Crippen LogP contribution in [0.4, 0.5) is 8.78 Å². The predicted octanol–water partition coefficient (Wildman–Crippen LogP) is 2.21. The lowest BCUT2D eigenvalue weighted by molar-refractivity contribution is 0.527. The second-order valence-corrected chi connectivity index (χ2v) is 4.38. The fraction of sp³-hybridized carbons (Fsp3) is 0.385. The van der Waals surface area contributed by atoms with Crippen LogP contribution in [-0.2, 0) is 13.0 Å². The van der Waals surface area contributed by atoms with Gasteiger partial charge >= 0.3 is 0 Å². The largest absolute Gasteiger partial charge is 0.323 e. The molecule has 0 bridgehead atoms. The first-order valence-corrected chi connectivity index (χ1v) is 6.19. The summed E-state index contributed by atoms with van der Waals surface area (Å²) in [6.07, 6.45) is 2.68. The SMILES string of the molecule is CCCn1ncnc1CC(N)c1cc(F)ccc1F. The van der Waals surface area contributed by atoms with E-state index in [9.17, 15) is 8.78 Å². The van der Waals surface area contributed by atoms with Gasteiger partial charge in [0.2, 0.25) is 0 Å². The van der Waals surface area contributed by atoms with Crippen molar-refractivity contribution in [3.05, 3.63) is 47.5 Å². The van der Waals surface area contributed by atoms with Crippen molar-refractivity contribution in [2.75, 3.05) is 0 Å². The highest BCUT2D eigenvalue weighted by Gasteiger charge is 2.16. The second kappa shape index (κ2) is 5.88. The fourth-order valence-electron chi connectivity index (χ4n) is 1.95. The molecule has 1 aromatic heterocycles. The van der Waals surface area contributed by atoms with E-state index in [4.69, 9.17) is 5.73 Å². The normalized spacial score (nSPS) is 12.6. The second-order valence-electron chi connectivity index (χ2n) is 4.38. The van der Waals surface area contributed by atoms with Gasteiger partial charge in [-0.15, -0.1) is 0 Å². The number of halogens is 2. The molecular weight excluding hydrogens is 250 g/mol. The summed E-state index contributed by atoms with van der Waals surface area (Å²) < 4.78 is 28.5. The molecule has 19 heavy (non-hydrogen) atoms. The average Bonchev–Trinajstić information content (AvgIpc) is 2.80. The van der Waals surface area contributed by atoms with Crippen LogP contribution in [0.1, 0.15) is 30.8 Å². The van der Waals surface area contributed by atoms with E-state index in [1.54, 1.807) is 4.68 Å². The fourth-order valence-corrected chi connectivity index (χ4v) is 1.95. The van der Waals surface area contributed by atoms with Gasteiger partial charge in [-0.1, -0.05) is 6.92 Å². The smallest absolute Gasteiger partial charge is 0.138 e. The summed E-state index contributed by atoms with van der Waals surface area (Å²) in [7, 11) is 0. The van der Waals surface area contributed by atoms with Crippen LogP contribution >= 0.6 is 0 Å². The van der Waals surface area contributed by atoms with Crippen LogP contribution in [0.5, 0.6) is 0 Å². The summed E-state index contributed by atoms with van der Waals surface area (Å²) in [6.45, 7) is 2.76. The molecule has 4 nitrogen and oxygen atoms in total. The van der Waals surface area contributed by atoms with E-state index in [0.717, 1.165) is 31.2 Å². The lowest BCUT2D eigenvalue weighted by Gasteiger charge is -2.13. The highest BCUT2D eigenvalue weighted by Crippen LogP contribution is 2.19. The Morgan fingerprint density at radius 3 is 2.89 bits per heavy atom. The zero-order valence-electron chi connectivity index (χ0n) is 10.7. The van der Waals surface area contributed by atoms with Crippen LogP contribution in [-0.4, -0.2) is 14.8 Å². The molecule has 0 saturated carbocycles. The maximum Gasteiger partial charge on any atom is 0.138 e. The summed E-state index contributed by atoms with van der Waals surface area (Å²) in [5.41, 5.74) is 6.09. The van der Waals surface area contributed by atoms with Crippen LogP contribution in [0.2, 0.25) is 0 Å². The zero-order valence-corrected chi connectivity index (χ0v) is 10.7. The molecule has 6 heteroatoms. The Morgan fingerprint density at radius 2 is 2.16 bits per heavy atom. The molecular formula is C13H16F2N4. The molecule has 0 aliphatic heterocycles. The van der Waals surface area contributed by atoms with Crippen LogP contribution < -0.4 is 5.73 Å². The number of rotatable bonds is 5. The summed E-state index contributed by atoms with van der Waals surface area (Å²) in [5, 5.41) is 4.07. The topological polar surface area (TPSA) is 56.7 Å². The first kappa shape index (κ1) is 13.6. The van der Waals surface area contributed by atoms with Gasteiger partial charge in [-0.25, -0.2) is 13.8 Å². The minimum Gasteiger partial charge on any atom is -0.323 e. The molecule has 0 radical (unpaired) electrons. The number of benzene rings is 1. The molecule has 0 amide bonds. The minimum atomic E-state index is -0.643. The molecule has 0 saturated heterocycles. The van der Waals surface area contributed by atoms with Crippen LogP contribution in [0.25, 0.3) is 0 Å². The van der Waals surface area contributed by atoms with Crippen molar-refractivity contribution in [1.82, 2.24) is 14.8 Å². The van der Waals surface area contributed by atoms with Gasteiger partial charge < -0.3 is 5.73 Å². The predicted molar refractivity (Wildman–Crippen MR) is 67.3 cm³/mol. The maximum absolute atomic E-state index is 13.6. The van der Waals surface area contributed by atoms with Gasteiger partial charge in [-0.05, 0) is 24.6 Å². The number of nitrogens with two attached hydrogens (primary N) is 1. The molecule has 1 unspecified atom stereocenters. The Morgan fingerprint density at radius 1 is 1.37 bits per heavy atom. The van der Waals surface area contributed by atoms with E-state index in [1.165, 1.54) is 6.33 Å². The van der Waals surface area contributed by atoms with Crippen molar-refractivity contribution in [2.45, 2.75) is 32.4 Å². The first-order valence-electron chi connectivity index (χ1n) is 6.19. The van der Waals surface area contributed by atoms with Gasteiger partial charge in [0.1, 0.15) is 23.8 Å². The number of nitrogens with zero attached hydrogens (tertiary/aromatic N) is 3. The number of hydrogen-bond acceptors (Lipinski definition) is 3. The van der Waals surface area contributed by atoms with E-state index in [0.29, 0.717) is 12.2 Å². The molecule has 0 aliphatic carbocycles. The quantitative estimate of drug-likeness (QED) is 0.902. The molecule has 0 aliphatic rings. The molecule has 102 valence electrons. The summed E-state index contributed by atoms with van der Waals surface area (Å²) in [5.74, 6) is -0.324. The third-order valence-corrected chi connectivity index (χ3v) is 2.89. The summed E-state index contributed by atoms with van der Waals surface area (Å²) in [6, 6.07) is 2.64. The maximum atomic E-state index is 13.6. The molecule has 2 rings (SSSR count). The Hall–Kier alpha value is -1.82. The Kier molecular flexibility index (Phi) is 4.21. The van der Waals surface area contributed by atoms with Crippen LogP contribution in [0.3, 0.4) is 0 Å². The molecule has 2 aromatic rings. The van der Waals surface area contributed by atoms with Crippen LogP contribution in [0, 0.1) is 11.6 Å². The van der Waals surface area contributed by atoms with Crippen molar-refractivity contribution >= 4 is 0 Å². The third-order valence-electron chi connectivity index (χ3n) is 2.89. The highest BCUT2D eigenvalue weighted by atomic mass is 19.1. The molecule has 1 heterocycles. The Bertz CT molecular complexity index is 553. The van der Waals surface area contributed by atoms with Gasteiger partial charge in [0, 0.05) is 24.6 Å². The lowest BCUT2D eigenvalue weighted by Crippen LogP contribution is -2.18. The third kappa shape index (κ3) is 3.14. The van der Waals surface area contributed by atoms with Gasteiger partial charge in [0.05, 0.1) is 0 Å². The Balaban J connectivity index is 2.18. The van der Waals surface area contributed by atoms with E-state index in [2.05, 4.69) is 10.1 Å². The van der Waals surface area contributed by atoms with Gasteiger partial charge in [0.15, 0.2) is 0 Å². The first-order chi connectivity index (χ1) is 9.11. The Labute approximate surface area is 110 Å². The van der Waals surface area contributed by atoms with Crippen LogP contribution in [0.15, 0.2) is 24.5 Å². The van der Waals surface area contributed by atoms with E-state index >= 15 is 0 Å². The molecule has 2 N–H and O–H groups in total. The molecule has 1 atom stereocenters. The monoisotopic (exact) mass is 266 g/mol. The molecule has 1 aromatic carbocycles. The lowest BCUT2D eigenvalue weighted by atomic mass is 10.0. The minimum absolute atomic E-state index is 0.158. The standard InChI is InChI=1S/C13H16F2N4/c1-2-5-19-13(17-8-18-19)7-12(16)10-6-9(14)3-4-11(10)15/h3-4,6,8,12H,2,5,7,16H2,1H3. The van der Waals surface area contributed by atoms with Crippen molar-refractivity contribution < 1.29 is 8.78 Å².